The quantitative estimate of drug-likeness (QED) is 0.638. The Morgan fingerprint density at radius 3 is 2.33 bits per heavy atom. The van der Waals surface area contributed by atoms with E-state index < -0.39 is 0 Å². The van der Waals surface area contributed by atoms with E-state index in [0.29, 0.717) is 12.1 Å². The highest BCUT2D eigenvalue weighted by atomic mass is 16.3. The lowest BCUT2D eigenvalue weighted by atomic mass is 9.84. The van der Waals surface area contributed by atoms with E-state index in [2.05, 4.69) is 25.8 Å². The van der Waals surface area contributed by atoms with Gasteiger partial charge in [-0.3, -0.25) is 4.90 Å². The van der Waals surface area contributed by atoms with E-state index >= 15 is 0 Å². The summed E-state index contributed by atoms with van der Waals surface area (Å²) in [5, 5.41) is 9.13. The van der Waals surface area contributed by atoms with Gasteiger partial charge in [0.15, 0.2) is 0 Å². The van der Waals surface area contributed by atoms with Crippen LogP contribution in [0, 0.1) is 0 Å². The van der Waals surface area contributed by atoms with Crippen LogP contribution in [0.5, 0.6) is 0 Å². The van der Waals surface area contributed by atoms with E-state index in [4.69, 9.17) is 10.8 Å². The fourth-order valence-corrected chi connectivity index (χ4v) is 1.55. The molecule has 72 valence electrons. The van der Waals surface area contributed by atoms with Crippen LogP contribution in [0.1, 0.15) is 26.7 Å². The molecule has 1 aliphatic carbocycles. The molecule has 1 fully saturated rings. The minimum Gasteiger partial charge on any atom is -0.394 e. The molecule has 3 heteroatoms. The first-order chi connectivity index (χ1) is 5.47. The monoisotopic (exact) mass is 172 g/mol. The van der Waals surface area contributed by atoms with E-state index in [1.165, 1.54) is 0 Å². The lowest BCUT2D eigenvalue weighted by Crippen LogP contribution is -2.57. The van der Waals surface area contributed by atoms with Crippen molar-refractivity contribution in [2.45, 2.75) is 44.3 Å². The average molecular weight is 172 g/mol. The van der Waals surface area contributed by atoms with E-state index in [-0.39, 0.29) is 12.1 Å². The zero-order chi connectivity index (χ0) is 9.35. The first kappa shape index (κ1) is 9.96. The molecule has 0 saturated heterocycles. The van der Waals surface area contributed by atoms with Gasteiger partial charge in [-0.1, -0.05) is 0 Å². The number of rotatable bonds is 3. The van der Waals surface area contributed by atoms with Gasteiger partial charge < -0.3 is 10.8 Å². The van der Waals surface area contributed by atoms with Gasteiger partial charge in [0.2, 0.25) is 0 Å². The number of aliphatic hydroxyl groups is 1. The standard InChI is InChI=1S/C9H20N2O/c1-9(2,6-12)11(3)8-4-7(10)5-8/h7-8,12H,4-6,10H2,1-3H3. The Bertz CT molecular complexity index is 153. The summed E-state index contributed by atoms with van der Waals surface area (Å²) >= 11 is 0. The van der Waals surface area contributed by atoms with Crippen LogP contribution < -0.4 is 5.73 Å². The van der Waals surface area contributed by atoms with Crippen molar-refractivity contribution in [2.24, 2.45) is 5.73 Å². The highest BCUT2D eigenvalue weighted by molar-refractivity contribution is 4.93. The molecule has 0 aromatic carbocycles. The van der Waals surface area contributed by atoms with Gasteiger partial charge in [-0.25, -0.2) is 0 Å². The van der Waals surface area contributed by atoms with Crippen LogP contribution in [-0.4, -0.2) is 41.3 Å². The van der Waals surface area contributed by atoms with Gasteiger partial charge in [0.05, 0.1) is 6.61 Å². The molecule has 12 heavy (non-hydrogen) atoms. The molecule has 3 N–H and O–H groups in total. The third-order valence-electron chi connectivity index (χ3n) is 3.04. The first-order valence-electron chi connectivity index (χ1n) is 4.57. The summed E-state index contributed by atoms with van der Waals surface area (Å²) in [5.41, 5.74) is 5.60. The van der Waals surface area contributed by atoms with Gasteiger partial charge in [-0.2, -0.15) is 0 Å². The Kier molecular flexibility index (Phi) is 2.76. The van der Waals surface area contributed by atoms with Gasteiger partial charge in [-0.05, 0) is 33.7 Å². The van der Waals surface area contributed by atoms with Crippen LogP contribution in [0.25, 0.3) is 0 Å². The molecule has 0 aliphatic heterocycles. The fourth-order valence-electron chi connectivity index (χ4n) is 1.55. The third kappa shape index (κ3) is 1.79. The Morgan fingerprint density at radius 2 is 2.00 bits per heavy atom. The van der Waals surface area contributed by atoms with Crippen LogP contribution in [0.15, 0.2) is 0 Å². The topological polar surface area (TPSA) is 49.5 Å². The molecular formula is C9H20N2O. The summed E-state index contributed by atoms with van der Waals surface area (Å²) in [6, 6.07) is 0.953. The largest absolute Gasteiger partial charge is 0.394 e. The van der Waals surface area contributed by atoms with Gasteiger partial charge >= 0.3 is 0 Å². The highest BCUT2D eigenvalue weighted by Crippen LogP contribution is 2.28. The predicted molar refractivity (Wildman–Crippen MR) is 49.9 cm³/mol. The van der Waals surface area contributed by atoms with Crippen LogP contribution in [0.2, 0.25) is 0 Å². The number of likely N-dealkylation sites (N-methyl/N-ethyl adjacent to an activating group) is 1. The Hall–Kier alpha value is -0.120. The number of nitrogens with two attached hydrogens (primary N) is 1. The van der Waals surface area contributed by atoms with Crippen molar-refractivity contribution in [3.8, 4) is 0 Å². The Morgan fingerprint density at radius 1 is 1.50 bits per heavy atom. The normalized spacial score (nSPS) is 30.5. The molecule has 0 amide bonds. The van der Waals surface area contributed by atoms with Gasteiger partial charge in [0.1, 0.15) is 0 Å². The molecule has 0 bridgehead atoms. The molecule has 0 spiro atoms. The van der Waals surface area contributed by atoms with Crippen LogP contribution >= 0.6 is 0 Å². The zero-order valence-electron chi connectivity index (χ0n) is 8.25. The minimum atomic E-state index is -0.106. The SMILES string of the molecule is CN(C1CC(N)C1)C(C)(C)CO. The molecule has 0 radical (unpaired) electrons. The molecule has 0 unspecified atom stereocenters. The molecule has 0 aromatic rings. The van der Waals surface area contributed by atoms with E-state index in [9.17, 15) is 0 Å². The van der Waals surface area contributed by atoms with E-state index in [0.717, 1.165) is 12.8 Å². The molecule has 0 atom stereocenters. The van der Waals surface area contributed by atoms with Crippen molar-refractivity contribution >= 4 is 0 Å². The van der Waals surface area contributed by atoms with Crippen molar-refractivity contribution in [2.75, 3.05) is 13.7 Å². The molecule has 0 heterocycles. The first-order valence-corrected chi connectivity index (χ1v) is 4.57. The van der Waals surface area contributed by atoms with Crippen LogP contribution in [0.3, 0.4) is 0 Å². The summed E-state index contributed by atoms with van der Waals surface area (Å²) in [6.07, 6.45) is 2.14. The number of hydrogen-bond acceptors (Lipinski definition) is 3. The number of aliphatic hydroxyl groups excluding tert-OH is 1. The smallest absolute Gasteiger partial charge is 0.0610 e. The molecule has 1 saturated carbocycles. The maximum absolute atomic E-state index is 9.13. The summed E-state index contributed by atoms with van der Waals surface area (Å²) in [4.78, 5) is 2.23. The second-order valence-corrected chi connectivity index (χ2v) is 4.47. The Balaban J connectivity index is 2.42. The van der Waals surface area contributed by atoms with Crippen LogP contribution in [0.4, 0.5) is 0 Å². The highest BCUT2D eigenvalue weighted by Gasteiger charge is 2.35. The van der Waals surface area contributed by atoms with Gasteiger partial charge in [0.25, 0.3) is 0 Å². The predicted octanol–water partition coefficient (Wildman–Crippen LogP) is 0.179. The molecule has 1 rings (SSSR count). The second kappa shape index (κ2) is 3.32. The van der Waals surface area contributed by atoms with Crippen molar-refractivity contribution in [3.05, 3.63) is 0 Å². The van der Waals surface area contributed by atoms with Gasteiger partial charge in [-0.15, -0.1) is 0 Å². The van der Waals surface area contributed by atoms with Crippen molar-refractivity contribution < 1.29 is 5.11 Å². The molecule has 3 nitrogen and oxygen atoms in total. The minimum absolute atomic E-state index is 0.106. The Labute approximate surface area is 74.5 Å². The van der Waals surface area contributed by atoms with Crippen molar-refractivity contribution in [1.82, 2.24) is 4.90 Å². The maximum atomic E-state index is 9.13. The fraction of sp³-hybridized carbons (Fsp3) is 1.00. The maximum Gasteiger partial charge on any atom is 0.0610 e. The lowest BCUT2D eigenvalue weighted by Gasteiger charge is -2.46. The number of hydrogen-bond donors (Lipinski definition) is 2. The van der Waals surface area contributed by atoms with E-state index in [1.54, 1.807) is 0 Å². The van der Waals surface area contributed by atoms with Gasteiger partial charge in [0, 0.05) is 17.6 Å². The molecule has 1 aliphatic rings. The lowest BCUT2D eigenvalue weighted by molar-refractivity contribution is 0.00990. The van der Waals surface area contributed by atoms with E-state index in [1.807, 2.05) is 0 Å². The molecular weight excluding hydrogens is 152 g/mol. The van der Waals surface area contributed by atoms with Crippen LogP contribution in [-0.2, 0) is 0 Å². The summed E-state index contributed by atoms with van der Waals surface area (Å²) in [5.74, 6) is 0. The third-order valence-corrected chi connectivity index (χ3v) is 3.04. The summed E-state index contributed by atoms with van der Waals surface area (Å²) in [6.45, 7) is 4.31. The van der Waals surface area contributed by atoms with Crippen molar-refractivity contribution in [1.29, 1.82) is 0 Å². The second-order valence-electron chi connectivity index (χ2n) is 4.47. The van der Waals surface area contributed by atoms with Crippen molar-refractivity contribution in [3.63, 3.8) is 0 Å². The average Bonchev–Trinajstić information content (AvgIpc) is 1.97. The summed E-state index contributed by atoms with van der Waals surface area (Å²) < 4.78 is 0. The zero-order valence-corrected chi connectivity index (χ0v) is 8.25. The number of nitrogens with zero attached hydrogens (tertiary/aromatic N) is 1. The molecule has 0 aromatic heterocycles. The summed E-state index contributed by atoms with van der Waals surface area (Å²) in [7, 11) is 2.06.